The third kappa shape index (κ3) is 5.03. The molecule has 1 rings (SSSR count). The minimum absolute atomic E-state index is 0.182. The van der Waals surface area contributed by atoms with Crippen molar-refractivity contribution in [2.24, 2.45) is 5.92 Å². The second-order valence-corrected chi connectivity index (χ2v) is 5.06. The summed E-state index contributed by atoms with van der Waals surface area (Å²) >= 11 is 0. The molecule has 0 aliphatic rings. The average Bonchev–Trinajstić information content (AvgIpc) is 2.38. The Labute approximate surface area is 115 Å². The van der Waals surface area contributed by atoms with Crippen molar-refractivity contribution in [3.8, 4) is 0 Å². The van der Waals surface area contributed by atoms with Crippen LogP contribution in [0.4, 0.5) is 11.6 Å². The zero-order chi connectivity index (χ0) is 14.3. The fourth-order valence-electron chi connectivity index (χ4n) is 1.94. The fourth-order valence-corrected chi connectivity index (χ4v) is 1.94. The number of hydrogen-bond acceptors (Lipinski definition) is 5. The standard InChI is InChI=1S/C14H26N4O/c1-5-6-12-17-13(15-4)9-14(18-12)16-11(7-8-19)10(2)3/h9-11,19H,5-8H2,1-4H3,(H2,15,16,17,18). The number of nitrogens with zero attached hydrogens (tertiary/aromatic N) is 2. The van der Waals surface area contributed by atoms with Crippen LogP contribution >= 0.6 is 0 Å². The lowest BCUT2D eigenvalue weighted by atomic mass is 10.0. The zero-order valence-electron chi connectivity index (χ0n) is 12.4. The molecular formula is C14H26N4O. The number of aryl methyl sites for hydroxylation is 1. The molecule has 0 amide bonds. The first-order chi connectivity index (χ1) is 9.10. The third-order valence-electron chi connectivity index (χ3n) is 3.08. The summed E-state index contributed by atoms with van der Waals surface area (Å²) in [5.41, 5.74) is 0. The number of aliphatic hydroxyl groups excluding tert-OH is 1. The predicted molar refractivity (Wildman–Crippen MR) is 79.5 cm³/mol. The van der Waals surface area contributed by atoms with Gasteiger partial charge in [0.25, 0.3) is 0 Å². The molecule has 1 atom stereocenters. The summed E-state index contributed by atoms with van der Waals surface area (Å²) in [4.78, 5) is 8.96. The van der Waals surface area contributed by atoms with E-state index in [4.69, 9.17) is 5.11 Å². The Morgan fingerprint density at radius 2 is 1.95 bits per heavy atom. The molecule has 5 heteroatoms. The molecule has 0 spiro atoms. The fraction of sp³-hybridized carbons (Fsp3) is 0.714. The van der Waals surface area contributed by atoms with Crippen LogP contribution in [0.15, 0.2) is 6.07 Å². The number of anilines is 2. The van der Waals surface area contributed by atoms with Crippen molar-refractivity contribution in [3.05, 3.63) is 11.9 Å². The van der Waals surface area contributed by atoms with Gasteiger partial charge in [-0.05, 0) is 18.8 Å². The predicted octanol–water partition coefficient (Wildman–Crippen LogP) is 2.29. The van der Waals surface area contributed by atoms with Crippen LogP contribution in [0.5, 0.6) is 0 Å². The molecular weight excluding hydrogens is 240 g/mol. The number of rotatable bonds is 8. The van der Waals surface area contributed by atoms with E-state index in [9.17, 15) is 0 Å². The molecule has 0 fully saturated rings. The van der Waals surface area contributed by atoms with Gasteiger partial charge >= 0.3 is 0 Å². The van der Waals surface area contributed by atoms with Crippen molar-refractivity contribution in [1.82, 2.24) is 9.97 Å². The summed E-state index contributed by atoms with van der Waals surface area (Å²) in [6, 6.07) is 2.13. The van der Waals surface area contributed by atoms with E-state index in [1.165, 1.54) is 0 Å². The first kappa shape index (κ1) is 15.7. The molecule has 0 aliphatic heterocycles. The molecule has 0 saturated heterocycles. The minimum atomic E-state index is 0.182. The van der Waals surface area contributed by atoms with Crippen molar-refractivity contribution in [3.63, 3.8) is 0 Å². The third-order valence-corrected chi connectivity index (χ3v) is 3.08. The maximum atomic E-state index is 9.12. The number of aliphatic hydroxyl groups is 1. The Bertz CT molecular complexity index is 382. The number of aromatic nitrogens is 2. The Hall–Kier alpha value is -1.36. The Morgan fingerprint density at radius 1 is 1.26 bits per heavy atom. The maximum absolute atomic E-state index is 9.12. The van der Waals surface area contributed by atoms with Crippen LogP contribution in [-0.2, 0) is 6.42 Å². The van der Waals surface area contributed by atoms with Crippen LogP contribution in [0.2, 0.25) is 0 Å². The van der Waals surface area contributed by atoms with E-state index < -0.39 is 0 Å². The SMILES string of the molecule is CCCc1nc(NC)cc(NC(CCO)C(C)C)n1. The summed E-state index contributed by atoms with van der Waals surface area (Å²) in [6.45, 7) is 6.58. The van der Waals surface area contributed by atoms with Gasteiger partial charge in [0.1, 0.15) is 17.5 Å². The summed E-state index contributed by atoms with van der Waals surface area (Å²) < 4.78 is 0. The van der Waals surface area contributed by atoms with Crippen molar-refractivity contribution in [2.45, 2.75) is 46.1 Å². The lowest BCUT2D eigenvalue weighted by Gasteiger charge is -2.22. The van der Waals surface area contributed by atoms with Crippen LogP contribution in [-0.4, -0.2) is 34.8 Å². The maximum Gasteiger partial charge on any atom is 0.133 e. The summed E-state index contributed by atoms with van der Waals surface area (Å²) in [5, 5.41) is 15.6. The van der Waals surface area contributed by atoms with Crippen molar-refractivity contribution >= 4 is 11.6 Å². The van der Waals surface area contributed by atoms with E-state index in [0.717, 1.165) is 36.7 Å². The lowest BCUT2D eigenvalue weighted by molar-refractivity contribution is 0.267. The average molecular weight is 266 g/mol. The van der Waals surface area contributed by atoms with E-state index in [2.05, 4.69) is 41.4 Å². The molecule has 3 N–H and O–H groups in total. The van der Waals surface area contributed by atoms with Gasteiger partial charge in [0, 0.05) is 32.2 Å². The van der Waals surface area contributed by atoms with E-state index in [-0.39, 0.29) is 12.6 Å². The minimum Gasteiger partial charge on any atom is -0.396 e. The molecule has 19 heavy (non-hydrogen) atoms. The van der Waals surface area contributed by atoms with Crippen LogP contribution in [0.3, 0.4) is 0 Å². The van der Waals surface area contributed by atoms with Gasteiger partial charge in [-0.15, -0.1) is 0 Å². The monoisotopic (exact) mass is 266 g/mol. The topological polar surface area (TPSA) is 70.1 Å². The Balaban J connectivity index is 2.88. The summed E-state index contributed by atoms with van der Waals surface area (Å²) in [7, 11) is 1.86. The van der Waals surface area contributed by atoms with Gasteiger partial charge in [-0.1, -0.05) is 20.8 Å². The summed E-state index contributed by atoms with van der Waals surface area (Å²) in [5.74, 6) is 2.94. The van der Waals surface area contributed by atoms with E-state index >= 15 is 0 Å². The first-order valence-electron chi connectivity index (χ1n) is 7.03. The van der Waals surface area contributed by atoms with Gasteiger partial charge in [0.15, 0.2) is 0 Å². The van der Waals surface area contributed by atoms with Crippen LogP contribution in [0.1, 0.15) is 39.4 Å². The van der Waals surface area contributed by atoms with Crippen LogP contribution in [0.25, 0.3) is 0 Å². The van der Waals surface area contributed by atoms with E-state index in [0.29, 0.717) is 5.92 Å². The first-order valence-corrected chi connectivity index (χ1v) is 7.03. The second kappa shape index (κ2) is 7.94. The van der Waals surface area contributed by atoms with Gasteiger partial charge in [-0.25, -0.2) is 9.97 Å². The van der Waals surface area contributed by atoms with Crippen LogP contribution < -0.4 is 10.6 Å². The Kier molecular flexibility index (Phi) is 6.56. The van der Waals surface area contributed by atoms with Gasteiger partial charge in [0.05, 0.1) is 0 Å². The number of nitrogens with one attached hydrogen (secondary N) is 2. The van der Waals surface area contributed by atoms with Crippen molar-refractivity contribution in [2.75, 3.05) is 24.3 Å². The van der Waals surface area contributed by atoms with E-state index in [1.54, 1.807) is 0 Å². The summed E-state index contributed by atoms with van der Waals surface area (Å²) in [6.07, 6.45) is 2.62. The van der Waals surface area contributed by atoms with Gasteiger partial charge in [-0.3, -0.25) is 0 Å². The largest absolute Gasteiger partial charge is 0.396 e. The van der Waals surface area contributed by atoms with Gasteiger partial charge in [0.2, 0.25) is 0 Å². The molecule has 1 aromatic rings. The highest BCUT2D eigenvalue weighted by Gasteiger charge is 2.14. The molecule has 108 valence electrons. The second-order valence-electron chi connectivity index (χ2n) is 5.06. The van der Waals surface area contributed by atoms with Crippen molar-refractivity contribution < 1.29 is 5.11 Å². The number of hydrogen-bond donors (Lipinski definition) is 3. The molecule has 5 nitrogen and oxygen atoms in total. The molecule has 0 saturated carbocycles. The molecule has 0 bridgehead atoms. The van der Waals surface area contributed by atoms with E-state index in [1.807, 2.05) is 13.1 Å². The molecule has 1 aromatic heterocycles. The quantitative estimate of drug-likeness (QED) is 0.673. The molecule has 0 aliphatic carbocycles. The highest BCUT2D eigenvalue weighted by atomic mass is 16.3. The lowest BCUT2D eigenvalue weighted by Crippen LogP contribution is -2.27. The van der Waals surface area contributed by atoms with Crippen LogP contribution in [0, 0.1) is 5.92 Å². The van der Waals surface area contributed by atoms with Crippen molar-refractivity contribution in [1.29, 1.82) is 0 Å². The molecule has 1 heterocycles. The Morgan fingerprint density at radius 3 is 2.47 bits per heavy atom. The van der Waals surface area contributed by atoms with Gasteiger partial charge in [-0.2, -0.15) is 0 Å². The molecule has 1 unspecified atom stereocenters. The normalized spacial score (nSPS) is 12.5. The van der Waals surface area contributed by atoms with Gasteiger partial charge < -0.3 is 15.7 Å². The smallest absolute Gasteiger partial charge is 0.133 e. The zero-order valence-corrected chi connectivity index (χ0v) is 12.4. The highest BCUT2D eigenvalue weighted by molar-refractivity contribution is 5.47. The molecule has 0 aromatic carbocycles. The molecule has 0 radical (unpaired) electrons. The highest BCUT2D eigenvalue weighted by Crippen LogP contribution is 2.17.